The summed E-state index contributed by atoms with van der Waals surface area (Å²) in [6.45, 7) is 6.21. The number of ether oxygens (including phenoxy) is 1. The van der Waals surface area contributed by atoms with E-state index in [0.29, 0.717) is 5.92 Å². The molecule has 0 amide bonds. The molecule has 0 spiro atoms. The maximum Gasteiger partial charge on any atom is 0.309 e. The van der Waals surface area contributed by atoms with Gasteiger partial charge in [0.15, 0.2) is 0 Å². The topological polar surface area (TPSA) is 26.3 Å². The van der Waals surface area contributed by atoms with E-state index < -0.39 is 0 Å². The molecule has 0 N–H and O–H groups in total. The van der Waals surface area contributed by atoms with Gasteiger partial charge in [-0.3, -0.25) is 4.79 Å². The number of hydrogen-bond acceptors (Lipinski definition) is 2. The normalized spacial score (nSPS) is 37.7. The molecule has 2 heteroatoms. The largest absolute Gasteiger partial charge is 0.459 e. The Hall–Kier alpha value is -0.530. The monoisotopic (exact) mass is 252 g/mol. The van der Waals surface area contributed by atoms with Crippen molar-refractivity contribution in [1.82, 2.24) is 0 Å². The fraction of sp³-hybridized carbons (Fsp3) is 0.938. The summed E-state index contributed by atoms with van der Waals surface area (Å²) in [6.07, 6.45) is 9.89. The molecule has 104 valence electrons. The molecule has 2 aliphatic rings. The second-order valence-electron chi connectivity index (χ2n) is 6.68. The Balaban J connectivity index is 2.03. The summed E-state index contributed by atoms with van der Waals surface area (Å²) in [5.74, 6) is 1.47. The third-order valence-electron chi connectivity index (χ3n) is 5.19. The van der Waals surface area contributed by atoms with Gasteiger partial charge < -0.3 is 4.74 Å². The zero-order valence-electron chi connectivity index (χ0n) is 12.2. The highest BCUT2D eigenvalue weighted by atomic mass is 16.6. The van der Waals surface area contributed by atoms with Crippen LogP contribution in [0.4, 0.5) is 0 Å². The highest BCUT2D eigenvalue weighted by Gasteiger charge is 2.46. The number of carbonyl (C=O) groups excluding carboxylic acids is 1. The molecule has 0 radical (unpaired) electrons. The molecule has 2 rings (SSSR count). The van der Waals surface area contributed by atoms with E-state index in [9.17, 15) is 4.79 Å². The third-order valence-corrected chi connectivity index (χ3v) is 5.19. The van der Waals surface area contributed by atoms with Crippen molar-refractivity contribution in [1.29, 1.82) is 0 Å². The molecular formula is C16H28O2. The van der Waals surface area contributed by atoms with Gasteiger partial charge in [0.05, 0.1) is 5.92 Å². The lowest BCUT2D eigenvalue weighted by atomic mass is 9.87. The molecule has 2 bridgehead atoms. The number of fused-ring (bicyclic) bond motifs is 2. The maximum atomic E-state index is 12.1. The van der Waals surface area contributed by atoms with Crippen LogP contribution in [0.15, 0.2) is 0 Å². The van der Waals surface area contributed by atoms with Crippen LogP contribution in [0.1, 0.15) is 72.1 Å². The second kappa shape index (κ2) is 5.63. The van der Waals surface area contributed by atoms with Crippen molar-refractivity contribution in [2.24, 2.45) is 17.8 Å². The van der Waals surface area contributed by atoms with E-state index in [4.69, 9.17) is 4.74 Å². The standard InChI is InChI=1S/C16H28O2/c1-4-12(2)15(17)18-16(3)11-13-8-6-5-7-9-14(16)10-13/h12-14H,4-11H2,1-3H3. The molecule has 18 heavy (non-hydrogen) atoms. The fourth-order valence-corrected chi connectivity index (χ4v) is 3.74. The van der Waals surface area contributed by atoms with Gasteiger partial charge in [-0.25, -0.2) is 0 Å². The molecule has 2 saturated carbocycles. The lowest BCUT2D eigenvalue weighted by Crippen LogP contribution is -2.37. The Kier molecular flexibility index (Phi) is 4.34. The van der Waals surface area contributed by atoms with Crippen LogP contribution in [0.2, 0.25) is 0 Å². The highest BCUT2D eigenvalue weighted by Crippen LogP contribution is 2.48. The molecule has 0 aromatic carbocycles. The van der Waals surface area contributed by atoms with Crippen LogP contribution in [0.25, 0.3) is 0 Å². The van der Waals surface area contributed by atoms with E-state index in [1.807, 2.05) is 6.92 Å². The molecule has 2 aliphatic carbocycles. The van der Waals surface area contributed by atoms with Crippen molar-refractivity contribution in [3.8, 4) is 0 Å². The zero-order valence-corrected chi connectivity index (χ0v) is 12.2. The van der Waals surface area contributed by atoms with Crippen LogP contribution in [-0.4, -0.2) is 11.6 Å². The fourth-order valence-electron chi connectivity index (χ4n) is 3.74. The zero-order chi connectivity index (χ0) is 13.2. The predicted octanol–water partition coefficient (Wildman–Crippen LogP) is 4.32. The van der Waals surface area contributed by atoms with Crippen LogP contribution >= 0.6 is 0 Å². The van der Waals surface area contributed by atoms with Crippen molar-refractivity contribution >= 4 is 5.97 Å². The lowest BCUT2D eigenvalue weighted by Gasteiger charge is -2.32. The first-order valence-corrected chi connectivity index (χ1v) is 7.78. The van der Waals surface area contributed by atoms with Crippen molar-refractivity contribution in [3.05, 3.63) is 0 Å². The van der Waals surface area contributed by atoms with E-state index in [-0.39, 0.29) is 17.5 Å². The molecular weight excluding hydrogens is 224 g/mol. The van der Waals surface area contributed by atoms with Crippen LogP contribution in [0, 0.1) is 17.8 Å². The number of hydrogen-bond donors (Lipinski definition) is 0. The lowest BCUT2D eigenvalue weighted by molar-refractivity contribution is -0.166. The minimum absolute atomic E-state index is 0.0184. The van der Waals surface area contributed by atoms with E-state index in [0.717, 1.165) is 18.8 Å². The highest BCUT2D eigenvalue weighted by molar-refractivity contribution is 5.72. The van der Waals surface area contributed by atoms with E-state index in [1.165, 1.54) is 38.5 Å². The predicted molar refractivity (Wildman–Crippen MR) is 73.3 cm³/mol. The molecule has 4 unspecified atom stereocenters. The summed E-state index contributed by atoms with van der Waals surface area (Å²) in [7, 11) is 0. The number of carbonyl (C=O) groups is 1. The van der Waals surface area contributed by atoms with Gasteiger partial charge in [-0.2, -0.15) is 0 Å². The molecule has 2 fully saturated rings. The Morgan fingerprint density at radius 1 is 1.33 bits per heavy atom. The quantitative estimate of drug-likeness (QED) is 0.699. The van der Waals surface area contributed by atoms with Crippen molar-refractivity contribution in [2.75, 3.05) is 0 Å². The molecule has 2 nitrogen and oxygen atoms in total. The molecule has 0 heterocycles. The van der Waals surface area contributed by atoms with Crippen molar-refractivity contribution in [2.45, 2.75) is 77.7 Å². The summed E-state index contributed by atoms with van der Waals surface area (Å²) in [6, 6.07) is 0. The van der Waals surface area contributed by atoms with Gasteiger partial charge in [-0.05, 0) is 44.4 Å². The van der Waals surface area contributed by atoms with Gasteiger partial charge in [0.1, 0.15) is 5.60 Å². The Labute approximate surface area is 111 Å². The smallest absolute Gasteiger partial charge is 0.309 e. The number of esters is 1. The van der Waals surface area contributed by atoms with Crippen LogP contribution < -0.4 is 0 Å². The van der Waals surface area contributed by atoms with Gasteiger partial charge in [-0.1, -0.05) is 39.5 Å². The van der Waals surface area contributed by atoms with Crippen LogP contribution in [0.5, 0.6) is 0 Å². The maximum absolute atomic E-state index is 12.1. The summed E-state index contributed by atoms with van der Waals surface area (Å²) in [5, 5.41) is 0. The Bertz CT molecular complexity index is 299. The summed E-state index contributed by atoms with van der Waals surface area (Å²) < 4.78 is 5.94. The van der Waals surface area contributed by atoms with Crippen LogP contribution in [0.3, 0.4) is 0 Å². The Morgan fingerprint density at radius 3 is 2.78 bits per heavy atom. The van der Waals surface area contributed by atoms with Gasteiger partial charge in [0.25, 0.3) is 0 Å². The molecule has 0 aromatic heterocycles. The molecule has 0 saturated heterocycles. The summed E-state index contributed by atoms with van der Waals surface area (Å²) in [4.78, 5) is 12.1. The minimum Gasteiger partial charge on any atom is -0.459 e. The average molecular weight is 252 g/mol. The van der Waals surface area contributed by atoms with E-state index in [2.05, 4.69) is 13.8 Å². The van der Waals surface area contributed by atoms with Crippen LogP contribution in [-0.2, 0) is 9.53 Å². The van der Waals surface area contributed by atoms with Gasteiger partial charge >= 0.3 is 5.97 Å². The first kappa shape index (κ1) is 13.9. The molecule has 4 atom stereocenters. The van der Waals surface area contributed by atoms with E-state index in [1.54, 1.807) is 0 Å². The van der Waals surface area contributed by atoms with Gasteiger partial charge in [0.2, 0.25) is 0 Å². The first-order valence-electron chi connectivity index (χ1n) is 7.78. The van der Waals surface area contributed by atoms with E-state index >= 15 is 0 Å². The van der Waals surface area contributed by atoms with Gasteiger partial charge in [0, 0.05) is 0 Å². The third kappa shape index (κ3) is 2.89. The van der Waals surface area contributed by atoms with Crippen molar-refractivity contribution < 1.29 is 9.53 Å². The first-order chi connectivity index (χ1) is 8.55. The second-order valence-corrected chi connectivity index (χ2v) is 6.68. The van der Waals surface area contributed by atoms with Gasteiger partial charge in [-0.15, -0.1) is 0 Å². The average Bonchev–Trinajstić information content (AvgIpc) is 2.63. The Morgan fingerprint density at radius 2 is 2.06 bits per heavy atom. The summed E-state index contributed by atoms with van der Waals surface area (Å²) in [5.41, 5.74) is -0.171. The molecule has 0 aromatic rings. The minimum atomic E-state index is -0.171. The summed E-state index contributed by atoms with van der Waals surface area (Å²) >= 11 is 0. The molecule has 0 aliphatic heterocycles. The van der Waals surface area contributed by atoms with Crippen molar-refractivity contribution in [3.63, 3.8) is 0 Å². The SMILES string of the molecule is CCC(C)C(=O)OC1(C)CC2CCCCCC1C2. The number of rotatable bonds is 3.